The van der Waals surface area contributed by atoms with E-state index in [4.69, 9.17) is 4.74 Å². The number of carbonyl (C=O) groups excluding carboxylic acids is 2. The molecule has 0 aromatic heterocycles. The first-order chi connectivity index (χ1) is 29.5. The van der Waals surface area contributed by atoms with Gasteiger partial charge >= 0.3 is 5.97 Å². The van der Waals surface area contributed by atoms with Crippen LogP contribution in [0.3, 0.4) is 0 Å². The lowest BCUT2D eigenvalue weighted by molar-refractivity contribution is -0.151. The Kier molecular flexibility index (Phi) is 45.2. The predicted molar refractivity (Wildman–Crippen MR) is 259 cm³/mol. The van der Waals surface area contributed by atoms with Crippen LogP contribution in [-0.4, -0.2) is 46.9 Å². The normalized spacial score (nSPS) is 13.9. The first-order valence-electron chi connectivity index (χ1n) is 25.2. The molecule has 0 aliphatic carbocycles. The summed E-state index contributed by atoms with van der Waals surface area (Å²) in [6.07, 6.45) is 59.7. The van der Waals surface area contributed by atoms with Gasteiger partial charge in [-0.25, -0.2) is 0 Å². The average Bonchev–Trinajstić information content (AvgIpc) is 3.24. The molecule has 0 saturated carbocycles. The molecule has 6 heteroatoms. The molecule has 3 unspecified atom stereocenters. The lowest BCUT2D eigenvalue weighted by atomic mass is 10.0. The summed E-state index contributed by atoms with van der Waals surface area (Å²) >= 11 is 0. The zero-order valence-electron chi connectivity index (χ0n) is 39.3. The lowest BCUT2D eigenvalue weighted by Gasteiger charge is -2.24. The number of hydrogen-bond donors (Lipinski definition) is 3. The molecule has 0 spiro atoms. The Bertz CT molecular complexity index is 1120. The van der Waals surface area contributed by atoms with Crippen LogP contribution < -0.4 is 5.32 Å². The third-order valence-corrected chi connectivity index (χ3v) is 11.1. The van der Waals surface area contributed by atoms with Crippen molar-refractivity contribution in [3.05, 3.63) is 72.9 Å². The minimum atomic E-state index is -0.806. The molecule has 0 heterocycles. The van der Waals surface area contributed by atoms with Gasteiger partial charge in [-0.2, -0.15) is 0 Å². The molecule has 0 fully saturated rings. The third-order valence-electron chi connectivity index (χ3n) is 11.1. The van der Waals surface area contributed by atoms with Crippen molar-refractivity contribution >= 4 is 11.9 Å². The number of hydrogen-bond acceptors (Lipinski definition) is 5. The van der Waals surface area contributed by atoms with Crippen LogP contribution in [-0.2, 0) is 14.3 Å². The summed E-state index contributed by atoms with van der Waals surface area (Å²) in [7, 11) is 0. The monoisotopic (exact) mass is 838 g/mol. The van der Waals surface area contributed by atoms with Crippen molar-refractivity contribution < 1.29 is 24.5 Å². The lowest BCUT2D eigenvalue weighted by Crippen LogP contribution is -2.46. The highest BCUT2D eigenvalue weighted by atomic mass is 16.5. The smallest absolute Gasteiger partial charge is 0.306 e. The zero-order valence-corrected chi connectivity index (χ0v) is 39.3. The van der Waals surface area contributed by atoms with Crippen LogP contribution in [0, 0.1) is 0 Å². The Morgan fingerprint density at radius 2 is 0.983 bits per heavy atom. The number of ether oxygens (including phenoxy) is 1. The van der Waals surface area contributed by atoms with Gasteiger partial charge in [0.2, 0.25) is 5.91 Å². The first kappa shape index (κ1) is 57.3. The van der Waals surface area contributed by atoms with Crippen molar-refractivity contribution in [3.63, 3.8) is 0 Å². The quantitative estimate of drug-likeness (QED) is 0.0246. The fourth-order valence-corrected chi connectivity index (χ4v) is 7.30. The molecule has 1 amide bonds. The second kappa shape index (κ2) is 47.4. The van der Waals surface area contributed by atoms with Crippen molar-refractivity contribution in [3.8, 4) is 0 Å². The summed E-state index contributed by atoms with van der Waals surface area (Å²) < 4.78 is 5.88. The van der Waals surface area contributed by atoms with Crippen molar-refractivity contribution in [2.45, 2.75) is 251 Å². The molecule has 0 bridgehead atoms. The minimum Gasteiger partial charge on any atom is -0.462 e. The van der Waals surface area contributed by atoms with Gasteiger partial charge < -0.3 is 20.3 Å². The summed E-state index contributed by atoms with van der Waals surface area (Å²) in [5.74, 6) is -0.549. The number of aliphatic hydroxyl groups is 2. The van der Waals surface area contributed by atoms with E-state index in [0.29, 0.717) is 19.3 Å². The maximum Gasteiger partial charge on any atom is 0.306 e. The van der Waals surface area contributed by atoms with Gasteiger partial charge in [0.25, 0.3) is 0 Å². The molecule has 3 N–H and O–H groups in total. The van der Waals surface area contributed by atoms with Crippen LogP contribution >= 0.6 is 0 Å². The van der Waals surface area contributed by atoms with Gasteiger partial charge in [0.15, 0.2) is 0 Å². The molecule has 0 rings (SSSR count). The van der Waals surface area contributed by atoms with Gasteiger partial charge in [-0.3, -0.25) is 9.59 Å². The minimum absolute atomic E-state index is 0.0277. The van der Waals surface area contributed by atoms with E-state index in [1.165, 1.54) is 122 Å². The number of esters is 1. The second-order valence-corrected chi connectivity index (χ2v) is 16.9. The van der Waals surface area contributed by atoms with Crippen molar-refractivity contribution in [2.24, 2.45) is 0 Å². The zero-order chi connectivity index (χ0) is 43.8. The maximum absolute atomic E-state index is 13.1. The number of amides is 1. The topological polar surface area (TPSA) is 95.9 Å². The Morgan fingerprint density at radius 3 is 1.55 bits per heavy atom. The second-order valence-electron chi connectivity index (χ2n) is 16.9. The van der Waals surface area contributed by atoms with Crippen LogP contribution in [0.25, 0.3) is 0 Å². The van der Waals surface area contributed by atoms with E-state index in [2.05, 4.69) is 62.5 Å². The van der Waals surface area contributed by atoms with E-state index in [-0.39, 0.29) is 24.9 Å². The van der Waals surface area contributed by atoms with Crippen molar-refractivity contribution in [2.75, 3.05) is 6.61 Å². The van der Waals surface area contributed by atoms with Gasteiger partial charge in [0.05, 0.1) is 25.2 Å². The Hall–Kier alpha value is -2.70. The molecule has 0 aliphatic heterocycles. The standard InChI is InChI=1S/C54H95NO5/c1-4-7-10-13-16-19-22-23-24-25-26-27-28-29-32-35-38-41-44-47-54(59)60-50(45-42-39-36-33-30-20-17-14-11-8-5-2)48-53(58)55-51(49-56)52(57)46-43-40-37-34-31-21-18-15-12-9-6-3/h8,11,14,16-17,19-20,23-24,30,33,36,50-52,56-57H,4-7,9-10,12-13,15,18,21-22,25-29,31-32,34-35,37-49H2,1-3H3,(H,55,58)/b11-8+,17-14+,19-16-,24-23-,30-20-,36-33-. The average molecular weight is 838 g/mol. The van der Waals surface area contributed by atoms with E-state index in [9.17, 15) is 19.8 Å². The highest BCUT2D eigenvalue weighted by molar-refractivity contribution is 5.77. The molecular formula is C54H95NO5. The molecule has 3 atom stereocenters. The molecular weight excluding hydrogens is 743 g/mol. The van der Waals surface area contributed by atoms with Crippen LogP contribution in [0.15, 0.2) is 72.9 Å². The van der Waals surface area contributed by atoms with Gasteiger partial charge in [-0.05, 0) is 70.6 Å². The van der Waals surface area contributed by atoms with Crippen molar-refractivity contribution in [1.29, 1.82) is 0 Å². The van der Waals surface area contributed by atoms with E-state index >= 15 is 0 Å². The fraction of sp³-hybridized carbons (Fsp3) is 0.741. The Morgan fingerprint density at radius 1 is 0.517 bits per heavy atom. The van der Waals surface area contributed by atoms with E-state index in [0.717, 1.165) is 64.2 Å². The summed E-state index contributed by atoms with van der Waals surface area (Å²) in [6, 6.07) is -0.724. The summed E-state index contributed by atoms with van der Waals surface area (Å²) in [5.41, 5.74) is 0. The Labute approximate surface area is 371 Å². The number of nitrogens with one attached hydrogen (secondary N) is 1. The molecule has 0 aromatic carbocycles. The molecule has 0 radical (unpaired) electrons. The van der Waals surface area contributed by atoms with Gasteiger partial charge in [0, 0.05) is 6.42 Å². The molecule has 0 aromatic rings. The highest BCUT2D eigenvalue weighted by Crippen LogP contribution is 2.17. The van der Waals surface area contributed by atoms with Crippen LogP contribution in [0.4, 0.5) is 0 Å². The van der Waals surface area contributed by atoms with E-state index in [1.54, 1.807) is 0 Å². The number of unbranched alkanes of at least 4 members (excludes halogenated alkanes) is 23. The molecule has 346 valence electrons. The highest BCUT2D eigenvalue weighted by Gasteiger charge is 2.24. The number of allylic oxidation sites excluding steroid dienone is 12. The first-order valence-corrected chi connectivity index (χ1v) is 25.2. The van der Waals surface area contributed by atoms with Gasteiger partial charge in [-0.1, -0.05) is 222 Å². The van der Waals surface area contributed by atoms with E-state index in [1.807, 2.05) is 36.5 Å². The predicted octanol–water partition coefficient (Wildman–Crippen LogP) is 15.0. The van der Waals surface area contributed by atoms with E-state index < -0.39 is 18.2 Å². The van der Waals surface area contributed by atoms with Crippen LogP contribution in [0.2, 0.25) is 0 Å². The summed E-state index contributed by atoms with van der Waals surface area (Å²) in [4.78, 5) is 26.1. The number of rotatable bonds is 44. The summed E-state index contributed by atoms with van der Waals surface area (Å²) in [5, 5.41) is 23.7. The maximum atomic E-state index is 13.1. The molecule has 0 aliphatic rings. The largest absolute Gasteiger partial charge is 0.462 e. The Balaban J connectivity index is 4.57. The van der Waals surface area contributed by atoms with Crippen molar-refractivity contribution in [1.82, 2.24) is 5.32 Å². The van der Waals surface area contributed by atoms with Crippen LogP contribution in [0.5, 0.6) is 0 Å². The molecule has 60 heavy (non-hydrogen) atoms. The summed E-state index contributed by atoms with van der Waals surface area (Å²) in [6.45, 7) is 6.28. The third kappa shape index (κ3) is 42.0. The SMILES string of the molecule is CC/C=C/C=C/C=C\C=C/CCCC(CC(=O)NC(CO)C(O)CCCCCCCCCCCCC)OC(=O)CCCCCCCCCCC/C=C\C/C=C\CCCCC. The fourth-order valence-electron chi connectivity index (χ4n) is 7.30. The van der Waals surface area contributed by atoms with Gasteiger partial charge in [0.1, 0.15) is 6.10 Å². The number of carbonyl (C=O) groups is 2. The molecule has 6 nitrogen and oxygen atoms in total. The number of aliphatic hydroxyl groups excluding tert-OH is 2. The van der Waals surface area contributed by atoms with Gasteiger partial charge in [-0.15, -0.1) is 0 Å². The molecule has 0 saturated heterocycles. The van der Waals surface area contributed by atoms with Crippen LogP contribution in [0.1, 0.15) is 233 Å².